The van der Waals surface area contributed by atoms with E-state index in [9.17, 15) is 0 Å². The number of aromatic nitrogens is 5. The maximum absolute atomic E-state index is 5.92. The maximum atomic E-state index is 5.92. The Kier molecular flexibility index (Phi) is 10.6. The molecule has 2 aromatic heterocycles. The monoisotopic (exact) mass is 720 g/mol. The molecule has 0 aliphatic carbocycles. The van der Waals surface area contributed by atoms with E-state index >= 15 is 0 Å². The van der Waals surface area contributed by atoms with Crippen molar-refractivity contribution in [2.75, 3.05) is 82.3 Å². The molecule has 11 nitrogen and oxygen atoms in total. The van der Waals surface area contributed by atoms with E-state index in [1.165, 1.54) is 55.6 Å². The SMILES string of the molecule is CCc1cc(Nc2ncc(Br)c(Nc3ccc(-c4cnn(C)n4)cc3P(C)C)n2)c(OC)cc1N1CCC(N2CCN(C)CC2)CC1. The molecule has 4 aromatic rings. The van der Waals surface area contributed by atoms with Crippen molar-refractivity contribution in [1.82, 2.24) is 34.8 Å². The molecule has 0 radical (unpaired) electrons. The van der Waals surface area contributed by atoms with Gasteiger partial charge in [-0.1, -0.05) is 20.9 Å². The van der Waals surface area contributed by atoms with Gasteiger partial charge in [-0.05, 0) is 84.6 Å². The molecule has 0 saturated carbocycles. The molecule has 2 N–H and O–H groups in total. The van der Waals surface area contributed by atoms with Crippen LogP contribution in [-0.2, 0) is 13.5 Å². The number of nitrogens with one attached hydrogen (secondary N) is 2. The molecule has 250 valence electrons. The van der Waals surface area contributed by atoms with E-state index in [-0.39, 0.29) is 0 Å². The molecule has 2 aliphatic rings. The van der Waals surface area contributed by atoms with Gasteiger partial charge in [0.25, 0.3) is 0 Å². The van der Waals surface area contributed by atoms with Gasteiger partial charge in [0, 0.05) is 81.6 Å². The van der Waals surface area contributed by atoms with Crippen molar-refractivity contribution in [2.45, 2.75) is 32.2 Å². The third-order valence-corrected chi connectivity index (χ3v) is 11.2. The Morgan fingerprint density at radius 2 is 1.72 bits per heavy atom. The topological polar surface area (TPSA) is 99.5 Å². The summed E-state index contributed by atoms with van der Waals surface area (Å²) in [6.07, 6.45) is 6.88. The highest BCUT2D eigenvalue weighted by molar-refractivity contribution is 9.10. The highest BCUT2D eigenvalue weighted by atomic mass is 79.9. The van der Waals surface area contributed by atoms with Crippen molar-refractivity contribution in [1.29, 1.82) is 0 Å². The Morgan fingerprint density at radius 3 is 2.38 bits per heavy atom. The van der Waals surface area contributed by atoms with Crippen LogP contribution in [0.4, 0.5) is 28.8 Å². The standard InChI is InChI=1S/C34H46BrN10OP/c1-7-23-18-28(31(46-4)20-30(23)45-12-10-25(11-13-45)44-16-14-42(2)15-17-44)39-34-36-21-26(35)33(40-34)38-27-9-8-24(19-32(27)47(5)6)29-22-37-43(3)41-29/h8-9,18-22,25H,7,10-17H2,1-6H3,(H2,36,38,39,40). The first kappa shape index (κ1) is 33.6. The molecule has 2 aliphatic heterocycles. The highest BCUT2D eigenvalue weighted by Crippen LogP contribution is 2.38. The van der Waals surface area contributed by atoms with Crippen molar-refractivity contribution in [3.63, 3.8) is 0 Å². The van der Waals surface area contributed by atoms with Gasteiger partial charge in [-0.15, -0.1) is 0 Å². The first-order valence-electron chi connectivity index (χ1n) is 16.4. The lowest BCUT2D eigenvalue weighted by molar-refractivity contribution is 0.0982. The third-order valence-electron chi connectivity index (χ3n) is 9.26. The van der Waals surface area contributed by atoms with Crippen LogP contribution >= 0.6 is 23.9 Å². The van der Waals surface area contributed by atoms with E-state index < -0.39 is 7.92 Å². The lowest BCUT2D eigenvalue weighted by atomic mass is 9.99. The van der Waals surface area contributed by atoms with Crippen LogP contribution < -0.4 is 25.6 Å². The highest BCUT2D eigenvalue weighted by Gasteiger charge is 2.28. The van der Waals surface area contributed by atoms with Gasteiger partial charge in [-0.3, -0.25) is 4.90 Å². The Morgan fingerprint density at radius 1 is 0.957 bits per heavy atom. The summed E-state index contributed by atoms with van der Waals surface area (Å²) in [4.78, 5) is 18.7. The fourth-order valence-corrected chi connectivity index (χ4v) is 7.82. The number of hydrogen-bond donors (Lipinski definition) is 2. The van der Waals surface area contributed by atoms with Crippen LogP contribution in [0.15, 0.2) is 47.2 Å². The largest absolute Gasteiger partial charge is 0.494 e. The molecular weight excluding hydrogens is 675 g/mol. The average molecular weight is 722 g/mol. The van der Waals surface area contributed by atoms with Crippen molar-refractivity contribution < 1.29 is 4.74 Å². The zero-order valence-corrected chi connectivity index (χ0v) is 30.8. The van der Waals surface area contributed by atoms with Crippen molar-refractivity contribution in [3.05, 3.63) is 52.8 Å². The number of aryl methyl sites for hydroxylation is 2. The maximum Gasteiger partial charge on any atom is 0.229 e. The van der Waals surface area contributed by atoms with Gasteiger partial charge in [-0.2, -0.15) is 20.0 Å². The lowest BCUT2D eigenvalue weighted by Gasteiger charge is -2.43. The molecule has 4 heterocycles. The Balaban J connectivity index is 1.19. The zero-order chi connectivity index (χ0) is 33.1. The summed E-state index contributed by atoms with van der Waals surface area (Å²) in [7, 11) is 5.37. The van der Waals surface area contributed by atoms with Gasteiger partial charge in [0.15, 0.2) is 0 Å². The third kappa shape index (κ3) is 7.72. The predicted molar refractivity (Wildman–Crippen MR) is 198 cm³/mol. The van der Waals surface area contributed by atoms with Gasteiger partial charge in [0.05, 0.1) is 23.5 Å². The van der Waals surface area contributed by atoms with Crippen LogP contribution in [0.1, 0.15) is 25.3 Å². The summed E-state index contributed by atoms with van der Waals surface area (Å²) in [6.45, 7) is 13.5. The zero-order valence-electron chi connectivity index (χ0n) is 28.3. The van der Waals surface area contributed by atoms with E-state index in [2.05, 4.69) is 114 Å². The molecular formula is C34H46BrN10OP. The fraction of sp³-hybridized carbons (Fsp3) is 0.471. The van der Waals surface area contributed by atoms with E-state index in [4.69, 9.17) is 9.72 Å². The van der Waals surface area contributed by atoms with Gasteiger partial charge in [0.2, 0.25) is 5.95 Å². The number of ether oxygens (including phenoxy) is 1. The van der Waals surface area contributed by atoms with Crippen LogP contribution in [0.25, 0.3) is 11.3 Å². The summed E-state index contributed by atoms with van der Waals surface area (Å²) in [5, 5.41) is 17.0. The molecule has 0 unspecified atom stereocenters. The van der Waals surface area contributed by atoms with Gasteiger partial charge in [0.1, 0.15) is 17.3 Å². The minimum Gasteiger partial charge on any atom is -0.494 e. The van der Waals surface area contributed by atoms with Crippen molar-refractivity contribution in [2.24, 2.45) is 7.05 Å². The number of hydrogen-bond acceptors (Lipinski definition) is 10. The summed E-state index contributed by atoms with van der Waals surface area (Å²) in [5.74, 6) is 1.95. The van der Waals surface area contributed by atoms with E-state index in [0.29, 0.717) is 17.8 Å². The number of halogens is 1. The lowest BCUT2D eigenvalue weighted by Crippen LogP contribution is -2.52. The summed E-state index contributed by atoms with van der Waals surface area (Å²) < 4.78 is 6.70. The first-order chi connectivity index (χ1) is 22.7. The number of piperidine rings is 1. The molecule has 0 amide bonds. The minimum absolute atomic E-state index is 0.415. The number of rotatable bonds is 10. The summed E-state index contributed by atoms with van der Waals surface area (Å²) in [5.41, 5.74) is 6.31. The molecule has 0 bridgehead atoms. The fourth-order valence-electron chi connectivity index (χ4n) is 6.52. The smallest absolute Gasteiger partial charge is 0.229 e. The molecule has 2 aromatic carbocycles. The molecule has 47 heavy (non-hydrogen) atoms. The Labute approximate surface area is 288 Å². The molecule has 0 spiro atoms. The number of anilines is 5. The molecule has 6 rings (SSSR count). The van der Waals surface area contributed by atoms with E-state index in [1.807, 2.05) is 7.05 Å². The molecule has 2 saturated heterocycles. The number of benzene rings is 2. The summed E-state index contributed by atoms with van der Waals surface area (Å²) >= 11 is 3.66. The first-order valence-corrected chi connectivity index (χ1v) is 19.4. The normalized spacial score (nSPS) is 16.6. The summed E-state index contributed by atoms with van der Waals surface area (Å²) in [6, 6.07) is 11.4. The van der Waals surface area contributed by atoms with Crippen molar-refractivity contribution in [3.8, 4) is 17.0 Å². The second-order valence-corrected chi connectivity index (χ2v) is 15.7. The van der Waals surface area contributed by atoms with Crippen LogP contribution in [0, 0.1) is 0 Å². The minimum atomic E-state index is -0.415. The number of methoxy groups -OCH3 is 1. The number of piperazine rings is 1. The Bertz CT molecular complexity index is 1680. The van der Waals surface area contributed by atoms with Crippen LogP contribution in [0.2, 0.25) is 0 Å². The second-order valence-electron chi connectivity index (χ2n) is 12.6. The quantitative estimate of drug-likeness (QED) is 0.199. The van der Waals surface area contributed by atoms with Gasteiger partial charge in [-0.25, -0.2) is 4.98 Å². The van der Waals surface area contributed by atoms with E-state index in [1.54, 1.807) is 24.3 Å². The predicted octanol–water partition coefficient (Wildman–Crippen LogP) is 5.68. The molecule has 13 heteroatoms. The van der Waals surface area contributed by atoms with Gasteiger partial charge < -0.3 is 25.2 Å². The number of likely N-dealkylation sites (N-methyl/N-ethyl adjacent to an activating group) is 1. The van der Waals surface area contributed by atoms with Crippen LogP contribution in [0.3, 0.4) is 0 Å². The van der Waals surface area contributed by atoms with Crippen LogP contribution in [-0.4, -0.2) is 108 Å². The van der Waals surface area contributed by atoms with Gasteiger partial charge >= 0.3 is 0 Å². The van der Waals surface area contributed by atoms with Crippen LogP contribution in [0.5, 0.6) is 5.75 Å². The second kappa shape index (κ2) is 14.8. The molecule has 0 atom stereocenters. The van der Waals surface area contributed by atoms with Crippen molar-refractivity contribution >= 4 is 58.0 Å². The van der Waals surface area contributed by atoms with E-state index in [0.717, 1.165) is 52.4 Å². The molecule has 2 fully saturated rings. The Hall–Kier alpha value is -3.31. The average Bonchev–Trinajstić information content (AvgIpc) is 3.52. The number of nitrogens with zero attached hydrogens (tertiary/aromatic N) is 8.